The lowest BCUT2D eigenvalue weighted by Crippen LogP contribution is -2.42. The quantitative estimate of drug-likeness (QED) is 0.854. The molecule has 0 amide bonds. The van der Waals surface area contributed by atoms with Crippen LogP contribution in [0, 0.1) is 11.3 Å². The minimum atomic E-state index is -3.31. The van der Waals surface area contributed by atoms with Crippen LogP contribution < -0.4 is 0 Å². The average molecular weight is 289 g/mol. The highest BCUT2D eigenvalue weighted by Crippen LogP contribution is 2.41. The Kier molecular flexibility index (Phi) is 3.93. The molecule has 0 aromatic heterocycles. The summed E-state index contributed by atoms with van der Waals surface area (Å²) in [7, 11) is -3.31. The first-order chi connectivity index (χ1) is 8.80. The SMILES string of the molecule is CC(C)C1(C(=O)O)CCN(S(=O)(=O)C2CCCC2)C1. The van der Waals surface area contributed by atoms with Gasteiger partial charge in [0.1, 0.15) is 0 Å². The van der Waals surface area contributed by atoms with Crippen LogP contribution >= 0.6 is 0 Å². The van der Waals surface area contributed by atoms with Crippen molar-refractivity contribution in [3.05, 3.63) is 0 Å². The molecule has 0 bridgehead atoms. The summed E-state index contributed by atoms with van der Waals surface area (Å²) >= 11 is 0. The van der Waals surface area contributed by atoms with Crippen molar-refractivity contribution in [1.29, 1.82) is 0 Å². The molecule has 2 aliphatic rings. The van der Waals surface area contributed by atoms with Crippen molar-refractivity contribution in [3.63, 3.8) is 0 Å². The summed E-state index contributed by atoms with van der Waals surface area (Å²) in [5, 5.41) is 9.17. The zero-order valence-corrected chi connectivity index (χ0v) is 12.4. The highest BCUT2D eigenvalue weighted by Gasteiger charge is 2.51. The van der Waals surface area contributed by atoms with Crippen molar-refractivity contribution in [2.75, 3.05) is 13.1 Å². The van der Waals surface area contributed by atoms with E-state index in [-0.39, 0.29) is 17.7 Å². The van der Waals surface area contributed by atoms with Gasteiger partial charge in [-0.05, 0) is 25.2 Å². The summed E-state index contributed by atoms with van der Waals surface area (Å²) in [4.78, 5) is 11.5. The van der Waals surface area contributed by atoms with Crippen molar-refractivity contribution >= 4 is 16.0 Å². The summed E-state index contributed by atoms with van der Waals surface area (Å²) < 4.78 is 26.4. The maximum Gasteiger partial charge on any atom is 0.311 e. The van der Waals surface area contributed by atoms with Gasteiger partial charge in [-0.25, -0.2) is 12.7 Å². The Bertz CT molecular complexity index is 453. The van der Waals surface area contributed by atoms with Crippen molar-refractivity contribution < 1.29 is 18.3 Å². The monoisotopic (exact) mass is 289 g/mol. The molecule has 1 aliphatic carbocycles. The lowest BCUT2D eigenvalue weighted by molar-refractivity contribution is -0.150. The molecule has 6 heteroatoms. The predicted molar refractivity (Wildman–Crippen MR) is 72.3 cm³/mol. The van der Waals surface area contributed by atoms with E-state index in [1.807, 2.05) is 13.8 Å². The summed E-state index contributed by atoms with van der Waals surface area (Å²) in [5.41, 5.74) is -0.911. The molecule has 1 saturated carbocycles. The van der Waals surface area contributed by atoms with E-state index in [1.165, 1.54) is 4.31 Å². The van der Waals surface area contributed by atoms with Crippen LogP contribution in [0.2, 0.25) is 0 Å². The summed E-state index contributed by atoms with van der Waals surface area (Å²) in [6.07, 6.45) is 3.80. The van der Waals surface area contributed by atoms with Gasteiger partial charge in [0.05, 0.1) is 10.7 Å². The molecule has 2 fully saturated rings. The van der Waals surface area contributed by atoms with E-state index in [0.29, 0.717) is 13.0 Å². The molecule has 1 aliphatic heterocycles. The van der Waals surface area contributed by atoms with Gasteiger partial charge in [-0.3, -0.25) is 4.79 Å². The van der Waals surface area contributed by atoms with Crippen LogP contribution in [0.1, 0.15) is 46.0 Å². The summed E-state index contributed by atoms with van der Waals surface area (Å²) in [5.74, 6) is -0.930. The van der Waals surface area contributed by atoms with Crippen LogP contribution in [0.25, 0.3) is 0 Å². The molecule has 0 aromatic rings. The fourth-order valence-electron chi connectivity index (χ4n) is 3.30. The molecule has 1 N–H and O–H groups in total. The van der Waals surface area contributed by atoms with Gasteiger partial charge >= 0.3 is 5.97 Å². The van der Waals surface area contributed by atoms with Crippen molar-refractivity contribution in [1.82, 2.24) is 4.31 Å². The fraction of sp³-hybridized carbons (Fsp3) is 0.923. The van der Waals surface area contributed by atoms with Crippen LogP contribution in [0.5, 0.6) is 0 Å². The van der Waals surface area contributed by atoms with Crippen molar-refractivity contribution in [2.24, 2.45) is 11.3 Å². The number of hydrogen-bond donors (Lipinski definition) is 1. The number of aliphatic carboxylic acids is 1. The zero-order valence-electron chi connectivity index (χ0n) is 11.6. The Morgan fingerprint density at radius 3 is 2.32 bits per heavy atom. The highest BCUT2D eigenvalue weighted by atomic mass is 32.2. The largest absolute Gasteiger partial charge is 0.481 e. The highest BCUT2D eigenvalue weighted by molar-refractivity contribution is 7.89. The number of sulfonamides is 1. The first kappa shape index (κ1) is 14.8. The molecule has 2 rings (SSSR count). The van der Waals surface area contributed by atoms with Crippen molar-refractivity contribution in [2.45, 2.75) is 51.2 Å². The first-order valence-electron chi connectivity index (χ1n) is 7.03. The molecule has 19 heavy (non-hydrogen) atoms. The van der Waals surface area contributed by atoms with Crippen LogP contribution in [0.15, 0.2) is 0 Å². The molecule has 110 valence electrons. The summed E-state index contributed by atoms with van der Waals surface area (Å²) in [6, 6.07) is 0. The Morgan fingerprint density at radius 2 is 1.89 bits per heavy atom. The average Bonchev–Trinajstić information content (AvgIpc) is 3.00. The minimum absolute atomic E-state index is 0.0613. The Morgan fingerprint density at radius 1 is 1.32 bits per heavy atom. The molecule has 0 radical (unpaired) electrons. The first-order valence-corrected chi connectivity index (χ1v) is 8.53. The molecule has 1 atom stereocenters. The number of rotatable bonds is 4. The third-order valence-corrected chi connectivity index (χ3v) is 7.23. The maximum atomic E-state index is 12.5. The van der Waals surface area contributed by atoms with Crippen LogP contribution in [-0.4, -0.2) is 42.1 Å². The van der Waals surface area contributed by atoms with Gasteiger partial charge in [0, 0.05) is 13.1 Å². The number of carboxylic acid groups (broad SMARTS) is 1. The van der Waals surface area contributed by atoms with Gasteiger partial charge < -0.3 is 5.11 Å². The third-order valence-electron chi connectivity index (χ3n) is 4.88. The molecule has 1 heterocycles. The molecular formula is C13H23NO4S. The van der Waals surface area contributed by atoms with E-state index in [0.717, 1.165) is 25.7 Å². The second kappa shape index (κ2) is 5.05. The van der Waals surface area contributed by atoms with Crippen molar-refractivity contribution in [3.8, 4) is 0 Å². The molecule has 5 nitrogen and oxygen atoms in total. The van der Waals surface area contributed by atoms with Crippen LogP contribution in [-0.2, 0) is 14.8 Å². The minimum Gasteiger partial charge on any atom is -0.481 e. The lowest BCUT2D eigenvalue weighted by atomic mass is 9.77. The Hall–Kier alpha value is -0.620. The number of nitrogens with zero attached hydrogens (tertiary/aromatic N) is 1. The van der Waals surface area contributed by atoms with Crippen LogP contribution in [0.4, 0.5) is 0 Å². The second-order valence-corrected chi connectivity index (χ2v) is 8.36. The van der Waals surface area contributed by atoms with Gasteiger partial charge in [0.15, 0.2) is 0 Å². The molecule has 0 aromatic carbocycles. The lowest BCUT2D eigenvalue weighted by Gasteiger charge is -2.29. The topological polar surface area (TPSA) is 74.7 Å². The van der Waals surface area contributed by atoms with E-state index in [1.54, 1.807) is 0 Å². The fourth-order valence-corrected chi connectivity index (χ4v) is 5.41. The van der Waals surface area contributed by atoms with E-state index in [4.69, 9.17) is 0 Å². The Balaban J connectivity index is 2.19. The molecule has 1 unspecified atom stereocenters. The molecular weight excluding hydrogens is 266 g/mol. The zero-order chi connectivity index (χ0) is 14.3. The van der Waals surface area contributed by atoms with E-state index in [2.05, 4.69) is 0 Å². The molecule has 0 spiro atoms. The van der Waals surface area contributed by atoms with E-state index >= 15 is 0 Å². The van der Waals surface area contributed by atoms with Gasteiger partial charge in [0.25, 0.3) is 0 Å². The Labute approximate surface area is 115 Å². The third kappa shape index (κ3) is 2.40. The normalized spacial score (nSPS) is 30.3. The second-order valence-electron chi connectivity index (χ2n) is 6.15. The van der Waals surface area contributed by atoms with Gasteiger partial charge in [-0.1, -0.05) is 26.7 Å². The smallest absolute Gasteiger partial charge is 0.311 e. The van der Waals surface area contributed by atoms with Gasteiger partial charge in [0.2, 0.25) is 10.0 Å². The van der Waals surface area contributed by atoms with E-state index < -0.39 is 21.4 Å². The van der Waals surface area contributed by atoms with Gasteiger partial charge in [-0.2, -0.15) is 0 Å². The van der Waals surface area contributed by atoms with E-state index in [9.17, 15) is 18.3 Å². The van der Waals surface area contributed by atoms with Gasteiger partial charge in [-0.15, -0.1) is 0 Å². The number of carboxylic acids is 1. The standard InChI is InChI=1S/C13H23NO4S/c1-10(2)13(12(15)16)7-8-14(9-13)19(17,18)11-5-3-4-6-11/h10-11H,3-9H2,1-2H3,(H,15,16). The molecule has 1 saturated heterocycles. The summed E-state index contributed by atoms with van der Waals surface area (Å²) in [6.45, 7) is 4.21. The predicted octanol–water partition coefficient (Wildman–Crippen LogP) is 1.69. The van der Waals surface area contributed by atoms with Crippen LogP contribution in [0.3, 0.4) is 0 Å². The number of hydrogen-bond acceptors (Lipinski definition) is 3. The maximum absolute atomic E-state index is 12.5. The number of carbonyl (C=O) groups is 1.